The molecule has 0 bridgehead atoms. The van der Waals surface area contributed by atoms with Gasteiger partial charge in [-0.05, 0) is 49.4 Å². The Morgan fingerprint density at radius 2 is 1.89 bits per heavy atom. The maximum absolute atomic E-state index is 13.8. The fourth-order valence-corrected chi connectivity index (χ4v) is 2.79. The molecule has 0 radical (unpaired) electrons. The van der Waals surface area contributed by atoms with Gasteiger partial charge >= 0.3 is 5.97 Å². The summed E-state index contributed by atoms with van der Waals surface area (Å²) in [6.07, 6.45) is 0.307. The van der Waals surface area contributed by atoms with E-state index in [1.807, 2.05) is 0 Å². The quantitative estimate of drug-likeness (QED) is 0.482. The first-order valence-electron chi connectivity index (χ1n) is 8.57. The van der Waals surface area contributed by atoms with Crippen LogP contribution in [0, 0.1) is 11.6 Å². The number of halogens is 3. The van der Waals surface area contributed by atoms with Crippen LogP contribution in [-0.4, -0.2) is 12.6 Å². The predicted octanol–water partition coefficient (Wildman–Crippen LogP) is 5.56. The van der Waals surface area contributed by atoms with Crippen molar-refractivity contribution in [3.05, 3.63) is 87.8 Å². The van der Waals surface area contributed by atoms with E-state index in [1.165, 1.54) is 18.2 Å². The summed E-state index contributed by atoms with van der Waals surface area (Å²) in [5.74, 6) is -0.771. The van der Waals surface area contributed by atoms with E-state index in [4.69, 9.17) is 25.5 Å². The Morgan fingerprint density at radius 1 is 1.07 bits per heavy atom. The van der Waals surface area contributed by atoms with Crippen LogP contribution in [0.4, 0.5) is 8.78 Å². The first kappa shape index (κ1) is 19.9. The molecule has 28 heavy (non-hydrogen) atoms. The van der Waals surface area contributed by atoms with Gasteiger partial charge in [-0.2, -0.15) is 0 Å². The number of carbonyl (C=O) groups excluding carboxylic acids is 1. The molecule has 0 aliphatic rings. The summed E-state index contributed by atoms with van der Waals surface area (Å²) in [6.45, 7) is 1.88. The molecule has 0 saturated carbocycles. The van der Waals surface area contributed by atoms with Crippen molar-refractivity contribution in [3.63, 3.8) is 0 Å². The highest BCUT2D eigenvalue weighted by atomic mass is 35.5. The van der Waals surface area contributed by atoms with Crippen LogP contribution >= 0.6 is 11.6 Å². The second-order valence-electron chi connectivity index (χ2n) is 5.94. The minimum atomic E-state index is -0.680. The second kappa shape index (κ2) is 8.89. The molecule has 3 rings (SSSR count). The molecular weight excluding hydrogens is 390 g/mol. The van der Waals surface area contributed by atoms with Crippen LogP contribution in [0.3, 0.4) is 0 Å². The highest BCUT2D eigenvalue weighted by Crippen LogP contribution is 2.27. The van der Waals surface area contributed by atoms with Crippen molar-refractivity contribution in [2.75, 3.05) is 6.61 Å². The molecule has 4 nitrogen and oxygen atoms in total. The zero-order valence-corrected chi connectivity index (χ0v) is 15.8. The number of carbonyl (C=O) groups is 1. The van der Waals surface area contributed by atoms with E-state index >= 15 is 0 Å². The largest absolute Gasteiger partial charge is 0.488 e. The third kappa shape index (κ3) is 4.89. The molecule has 0 aliphatic carbocycles. The molecule has 1 aromatic heterocycles. The van der Waals surface area contributed by atoms with Crippen molar-refractivity contribution in [2.24, 2.45) is 0 Å². The number of furan rings is 1. The van der Waals surface area contributed by atoms with Crippen molar-refractivity contribution in [1.29, 1.82) is 0 Å². The normalized spacial score (nSPS) is 10.7. The third-order valence-electron chi connectivity index (χ3n) is 3.92. The average molecular weight is 407 g/mol. The van der Waals surface area contributed by atoms with Gasteiger partial charge in [0.1, 0.15) is 29.8 Å². The SMILES string of the molecule is CCOC(=O)c1ccc(Cc2cc(Cl)ccc2OCc2ccc(F)cc2F)o1. The van der Waals surface area contributed by atoms with Crippen LogP contribution in [0.15, 0.2) is 52.9 Å². The highest BCUT2D eigenvalue weighted by Gasteiger charge is 2.15. The van der Waals surface area contributed by atoms with Gasteiger partial charge < -0.3 is 13.9 Å². The summed E-state index contributed by atoms with van der Waals surface area (Å²) < 4.78 is 43.0. The monoisotopic (exact) mass is 406 g/mol. The molecule has 0 amide bonds. The molecule has 0 spiro atoms. The Morgan fingerprint density at radius 3 is 2.64 bits per heavy atom. The lowest BCUT2D eigenvalue weighted by Gasteiger charge is -2.12. The summed E-state index contributed by atoms with van der Waals surface area (Å²) in [7, 11) is 0. The van der Waals surface area contributed by atoms with Crippen LogP contribution in [0.2, 0.25) is 5.02 Å². The van der Waals surface area contributed by atoms with Crippen molar-refractivity contribution >= 4 is 17.6 Å². The van der Waals surface area contributed by atoms with Crippen LogP contribution in [0.5, 0.6) is 5.75 Å². The van der Waals surface area contributed by atoms with Gasteiger partial charge in [0.15, 0.2) is 0 Å². The van der Waals surface area contributed by atoms with E-state index in [0.29, 0.717) is 28.5 Å². The third-order valence-corrected chi connectivity index (χ3v) is 4.16. The van der Waals surface area contributed by atoms with Gasteiger partial charge in [0, 0.05) is 28.6 Å². The molecule has 7 heteroatoms. The summed E-state index contributed by atoms with van der Waals surface area (Å²) in [4.78, 5) is 11.7. The summed E-state index contributed by atoms with van der Waals surface area (Å²) in [6, 6.07) is 11.5. The molecule has 1 heterocycles. The van der Waals surface area contributed by atoms with Gasteiger partial charge in [0.05, 0.1) is 6.61 Å². The molecule has 146 valence electrons. The molecule has 3 aromatic rings. The standard InChI is InChI=1S/C21H17ClF2O4/c1-2-26-21(25)20-8-6-17(28-20)10-14-9-15(22)4-7-19(14)27-12-13-3-5-16(23)11-18(13)24/h3-9,11H,2,10,12H2,1H3. The van der Waals surface area contributed by atoms with Crippen molar-refractivity contribution < 1.29 is 27.5 Å². The van der Waals surface area contributed by atoms with E-state index < -0.39 is 17.6 Å². The molecule has 0 N–H and O–H groups in total. The van der Waals surface area contributed by atoms with Crippen molar-refractivity contribution in [3.8, 4) is 5.75 Å². The maximum atomic E-state index is 13.8. The van der Waals surface area contributed by atoms with Gasteiger partial charge in [-0.15, -0.1) is 0 Å². The van der Waals surface area contributed by atoms with Crippen molar-refractivity contribution in [1.82, 2.24) is 0 Å². The molecule has 0 atom stereocenters. The van der Waals surface area contributed by atoms with Crippen LogP contribution in [-0.2, 0) is 17.8 Å². The minimum Gasteiger partial charge on any atom is -0.488 e. The van der Waals surface area contributed by atoms with Gasteiger partial charge in [-0.3, -0.25) is 0 Å². The Labute approximate surface area is 165 Å². The molecule has 2 aromatic carbocycles. The van der Waals surface area contributed by atoms with E-state index in [1.54, 1.807) is 31.2 Å². The zero-order valence-electron chi connectivity index (χ0n) is 15.0. The van der Waals surface area contributed by atoms with E-state index in [0.717, 1.165) is 6.07 Å². The summed E-state index contributed by atoms with van der Waals surface area (Å²) >= 11 is 6.08. The fourth-order valence-electron chi connectivity index (χ4n) is 2.59. The lowest BCUT2D eigenvalue weighted by molar-refractivity contribution is 0.0488. The second-order valence-corrected chi connectivity index (χ2v) is 6.38. The highest BCUT2D eigenvalue weighted by molar-refractivity contribution is 6.30. The first-order valence-corrected chi connectivity index (χ1v) is 8.95. The lowest BCUT2D eigenvalue weighted by Crippen LogP contribution is -2.03. The Kier molecular flexibility index (Phi) is 6.31. The number of ether oxygens (including phenoxy) is 2. The number of hydrogen-bond donors (Lipinski definition) is 0. The first-order chi connectivity index (χ1) is 13.5. The maximum Gasteiger partial charge on any atom is 0.374 e. The molecule has 0 aliphatic heterocycles. The Bertz CT molecular complexity index is 984. The Balaban J connectivity index is 1.76. The number of rotatable bonds is 7. The number of hydrogen-bond acceptors (Lipinski definition) is 4. The average Bonchev–Trinajstić information content (AvgIpc) is 3.11. The molecule has 0 saturated heterocycles. The van der Waals surface area contributed by atoms with Crippen LogP contribution in [0.1, 0.15) is 34.4 Å². The Hall–Kier alpha value is -2.86. The smallest absolute Gasteiger partial charge is 0.374 e. The predicted molar refractivity (Wildman–Crippen MR) is 99.6 cm³/mol. The number of benzene rings is 2. The van der Waals surface area contributed by atoms with Crippen molar-refractivity contribution in [2.45, 2.75) is 20.0 Å². The molecule has 0 fully saturated rings. The van der Waals surface area contributed by atoms with Crippen LogP contribution < -0.4 is 4.74 Å². The lowest BCUT2D eigenvalue weighted by atomic mass is 10.1. The van der Waals surface area contributed by atoms with E-state index in [2.05, 4.69) is 0 Å². The van der Waals surface area contributed by atoms with E-state index in [9.17, 15) is 13.6 Å². The molecule has 0 unspecified atom stereocenters. The van der Waals surface area contributed by atoms with Gasteiger partial charge in [0.25, 0.3) is 0 Å². The zero-order chi connectivity index (χ0) is 20.1. The van der Waals surface area contributed by atoms with Gasteiger partial charge in [-0.25, -0.2) is 13.6 Å². The molecular formula is C21H17ClF2O4. The van der Waals surface area contributed by atoms with Gasteiger partial charge in [-0.1, -0.05) is 11.6 Å². The fraction of sp³-hybridized carbons (Fsp3) is 0.190. The summed E-state index contributed by atoms with van der Waals surface area (Å²) in [5.41, 5.74) is 0.921. The minimum absolute atomic E-state index is 0.0764. The number of esters is 1. The van der Waals surface area contributed by atoms with Crippen LogP contribution in [0.25, 0.3) is 0 Å². The van der Waals surface area contributed by atoms with E-state index in [-0.39, 0.29) is 24.5 Å². The van der Waals surface area contributed by atoms with Gasteiger partial charge in [0.2, 0.25) is 5.76 Å². The topological polar surface area (TPSA) is 48.7 Å². The summed E-state index contributed by atoms with van der Waals surface area (Å²) in [5, 5.41) is 0.493.